The van der Waals surface area contributed by atoms with Crippen molar-refractivity contribution in [2.45, 2.75) is 18.7 Å². The van der Waals surface area contributed by atoms with Gasteiger partial charge in [-0.25, -0.2) is 8.42 Å². The highest BCUT2D eigenvalue weighted by molar-refractivity contribution is 7.89. The predicted molar refractivity (Wildman–Crippen MR) is 113 cm³/mol. The van der Waals surface area contributed by atoms with Gasteiger partial charge in [0.25, 0.3) is 11.8 Å². The summed E-state index contributed by atoms with van der Waals surface area (Å²) in [7, 11) is -2.56. The highest BCUT2D eigenvalue weighted by Crippen LogP contribution is 2.24. The normalized spacial score (nSPS) is 11.4. The SMILES string of the molecule is Cc1ccc(S(=O)(=O)N(C)CC(=O)NNC(=O)c2c(-c3ccccc3)noc2C)cc1. The third-order valence-corrected chi connectivity index (χ3v) is 6.37. The lowest BCUT2D eigenvalue weighted by Gasteiger charge is -2.17. The smallest absolute Gasteiger partial charge is 0.275 e. The zero-order valence-electron chi connectivity index (χ0n) is 17.2. The molecule has 0 unspecified atom stereocenters. The van der Waals surface area contributed by atoms with Crippen LogP contribution in [0, 0.1) is 13.8 Å². The number of nitrogens with zero attached hydrogens (tertiary/aromatic N) is 2. The molecule has 0 fully saturated rings. The molecule has 3 rings (SSSR count). The van der Waals surface area contributed by atoms with Crippen LogP contribution >= 0.6 is 0 Å². The molecule has 31 heavy (non-hydrogen) atoms. The first-order chi connectivity index (χ1) is 14.7. The van der Waals surface area contributed by atoms with Crippen molar-refractivity contribution in [1.82, 2.24) is 20.3 Å². The van der Waals surface area contributed by atoms with Crippen molar-refractivity contribution >= 4 is 21.8 Å². The second-order valence-corrected chi connectivity index (χ2v) is 8.95. The summed E-state index contributed by atoms with van der Waals surface area (Å²) in [6.45, 7) is 2.94. The van der Waals surface area contributed by atoms with E-state index in [0.29, 0.717) is 11.3 Å². The summed E-state index contributed by atoms with van der Waals surface area (Å²) in [5.74, 6) is -1.05. The average molecular weight is 442 g/mol. The molecule has 0 aliphatic carbocycles. The molecule has 2 N–H and O–H groups in total. The molecular formula is C21H22N4O5S. The topological polar surface area (TPSA) is 122 Å². The first kappa shape index (κ1) is 22.2. The summed E-state index contributed by atoms with van der Waals surface area (Å²) in [5, 5.41) is 3.92. The van der Waals surface area contributed by atoms with E-state index in [-0.39, 0.29) is 16.2 Å². The van der Waals surface area contributed by atoms with E-state index in [1.165, 1.54) is 19.2 Å². The number of hydrazine groups is 1. The van der Waals surface area contributed by atoms with Crippen molar-refractivity contribution in [3.63, 3.8) is 0 Å². The number of hydrogen-bond donors (Lipinski definition) is 2. The summed E-state index contributed by atoms with van der Waals surface area (Å²) in [4.78, 5) is 24.9. The molecule has 162 valence electrons. The Morgan fingerprint density at radius 1 is 1.00 bits per heavy atom. The molecule has 9 nitrogen and oxygen atoms in total. The molecule has 3 aromatic rings. The Morgan fingerprint density at radius 2 is 1.65 bits per heavy atom. The molecular weight excluding hydrogens is 420 g/mol. The molecule has 10 heteroatoms. The van der Waals surface area contributed by atoms with E-state index in [2.05, 4.69) is 16.0 Å². The van der Waals surface area contributed by atoms with Gasteiger partial charge in [-0.2, -0.15) is 4.31 Å². The van der Waals surface area contributed by atoms with Gasteiger partial charge in [0.2, 0.25) is 10.0 Å². The fourth-order valence-electron chi connectivity index (χ4n) is 2.84. The monoisotopic (exact) mass is 442 g/mol. The summed E-state index contributed by atoms with van der Waals surface area (Å²) < 4.78 is 31.2. The Bertz CT molecular complexity index is 1190. The first-order valence-electron chi connectivity index (χ1n) is 9.34. The summed E-state index contributed by atoms with van der Waals surface area (Å²) in [5.41, 5.74) is 6.61. The number of rotatable bonds is 6. The number of likely N-dealkylation sites (N-methyl/N-ethyl adjacent to an activating group) is 1. The lowest BCUT2D eigenvalue weighted by Crippen LogP contribution is -2.46. The van der Waals surface area contributed by atoms with Gasteiger partial charge in [0, 0.05) is 12.6 Å². The molecule has 0 atom stereocenters. The van der Waals surface area contributed by atoms with Crippen LogP contribution in [0.5, 0.6) is 0 Å². The number of sulfonamides is 1. The van der Waals surface area contributed by atoms with Gasteiger partial charge in [-0.05, 0) is 26.0 Å². The third-order valence-electron chi connectivity index (χ3n) is 4.55. The highest BCUT2D eigenvalue weighted by atomic mass is 32.2. The molecule has 0 aliphatic heterocycles. The van der Waals surface area contributed by atoms with E-state index >= 15 is 0 Å². The van der Waals surface area contributed by atoms with Crippen molar-refractivity contribution in [1.29, 1.82) is 0 Å². The largest absolute Gasteiger partial charge is 0.360 e. The zero-order valence-corrected chi connectivity index (χ0v) is 18.1. The van der Waals surface area contributed by atoms with E-state index in [9.17, 15) is 18.0 Å². The highest BCUT2D eigenvalue weighted by Gasteiger charge is 2.25. The van der Waals surface area contributed by atoms with Crippen LogP contribution in [-0.2, 0) is 14.8 Å². The van der Waals surface area contributed by atoms with Crippen LogP contribution in [0.4, 0.5) is 0 Å². The fourth-order valence-corrected chi connectivity index (χ4v) is 3.97. The van der Waals surface area contributed by atoms with Gasteiger partial charge in [-0.15, -0.1) is 0 Å². The maximum Gasteiger partial charge on any atom is 0.275 e. The number of hydrogen-bond acceptors (Lipinski definition) is 6. The molecule has 0 saturated carbocycles. The van der Waals surface area contributed by atoms with Gasteiger partial charge in [0.05, 0.1) is 11.4 Å². The molecule has 2 aromatic carbocycles. The standard InChI is InChI=1S/C21H22N4O5S/c1-14-9-11-17(12-10-14)31(28,29)25(3)13-18(26)22-23-21(27)19-15(2)30-24-20(19)16-7-5-4-6-8-16/h4-12H,13H2,1-3H3,(H,22,26)(H,23,27). The van der Waals surface area contributed by atoms with E-state index < -0.39 is 28.4 Å². The van der Waals surface area contributed by atoms with Gasteiger partial charge >= 0.3 is 0 Å². The molecule has 0 radical (unpaired) electrons. The lowest BCUT2D eigenvalue weighted by molar-refractivity contribution is -0.121. The minimum atomic E-state index is -3.85. The molecule has 1 heterocycles. The second kappa shape index (κ2) is 9.11. The van der Waals surface area contributed by atoms with Gasteiger partial charge in [-0.3, -0.25) is 20.4 Å². The summed E-state index contributed by atoms with van der Waals surface area (Å²) in [6.07, 6.45) is 0. The van der Waals surface area contributed by atoms with Gasteiger partial charge in [-0.1, -0.05) is 53.2 Å². The Labute approximate surface area is 180 Å². The molecule has 0 aliphatic rings. The average Bonchev–Trinajstić information content (AvgIpc) is 3.14. The molecule has 0 bridgehead atoms. The predicted octanol–water partition coefficient (Wildman–Crippen LogP) is 2.04. The van der Waals surface area contributed by atoms with Crippen LogP contribution in [0.25, 0.3) is 11.3 Å². The summed E-state index contributed by atoms with van der Waals surface area (Å²) in [6, 6.07) is 15.3. The van der Waals surface area contributed by atoms with E-state index in [1.807, 2.05) is 13.0 Å². The van der Waals surface area contributed by atoms with Crippen molar-refractivity contribution < 1.29 is 22.5 Å². The fraction of sp³-hybridized carbons (Fsp3) is 0.190. The molecule has 1 aromatic heterocycles. The van der Waals surface area contributed by atoms with Crippen LogP contribution in [0.2, 0.25) is 0 Å². The van der Waals surface area contributed by atoms with Gasteiger partial charge in [0.15, 0.2) is 0 Å². The summed E-state index contributed by atoms with van der Waals surface area (Å²) >= 11 is 0. The third kappa shape index (κ3) is 4.98. The number of benzene rings is 2. The Morgan fingerprint density at radius 3 is 2.29 bits per heavy atom. The van der Waals surface area contributed by atoms with E-state index in [0.717, 1.165) is 9.87 Å². The zero-order chi connectivity index (χ0) is 22.6. The molecule has 2 amide bonds. The number of amides is 2. The molecule has 0 spiro atoms. The van der Waals surface area contributed by atoms with E-state index in [1.54, 1.807) is 43.3 Å². The number of aryl methyl sites for hydroxylation is 2. The lowest BCUT2D eigenvalue weighted by atomic mass is 10.1. The second-order valence-electron chi connectivity index (χ2n) is 6.90. The number of carbonyl (C=O) groups excluding carboxylic acids is 2. The van der Waals surface area contributed by atoms with Crippen LogP contribution in [0.1, 0.15) is 21.7 Å². The Kier molecular flexibility index (Phi) is 6.52. The van der Waals surface area contributed by atoms with Crippen molar-refractivity contribution in [2.24, 2.45) is 0 Å². The van der Waals surface area contributed by atoms with Crippen molar-refractivity contribution in [2.75, 3.05) is 13.6 Å². The Hall–Kier alpha value is -3.50. The first-order valence-corrected chi connectivity index (χ1v) is 10.8. The van der Waals surface area contributed by atoms with Crippen LogP contribution < -0.4 is 10.9 Å². The van der Waals surface area contributed by atoms with Crippen LogP contribution in [-0.4, -0.2) is 43.3 Å². The van der Waals surface area contributed by atoms with Crippen molar-refractivity contribution in [3.05, 3.63) is 71.5 Å². The van der Waals surface area contributed by atoms with Crippen LogP contribution in [0.15, 0.2) is 64.0 Å². The maximum atomic E-state index is 12.6. The van der Waals surface area contributed by atoms with Gasteiger partial charge in [0.1, 0.15) is 17.0 Å². The minimum absolute atomic E-state index is 0.0741. The Balaban J connectivity index is 1.64. The van der Waals surface area contributed by atoms with Crippen LogP contribution in [0.3, 0.4) is 0 Å². The molecule has 0 saturated heterocycles. The number of aromatic nitrogens is 1. The van der Waals surface area contributed by atoms with Crippen molar-refractivity contribution in [3.8, 4) is 11.3 Å². The quantitative estimate of drug-likeness (QED) is 0.564. The minimum Gasteiger partial charge on any atom is -0.360 e. The number of carbonyl (C=O) groups is 2. The maximum absolute atomic E-state index is 12.6. The number of nitrogens with one attached hydrogen (secondary N) is 2. The van der Waals surface area contributed by atoms with Gasteiger partial charge < -0.3 is 4.52 Å². The van der Waals surface area contributed by atoms with E-state index in [4.69, 9.17) is 4.52 Å².